The molecule has 0 radical (unpaired) electrons. The Hall–Kier alpha value is -1.06. The number of nitrogens with two attached hydrogens (primary N) is 1. The van der Waals surface area contributed by atoms with Crippen LogP contribution in [0.5, 0.6) is 0 Å². The first kappa shape index (κ1) is 10.5. The van der Waals surface area contributed by atoms with Crippen LogP contribution in [0.25, 0.3) is 0 Å². The lowest BCUT2D eigenvalue weighted by Gasteiger charge is -2.31. The first-order chi connectivity index (χ1) is 7.04. The van der Waals surface area contributed by atoms with Gasteiger partial charge in [0.2, 0.25) is 0 Å². The molecule has 2 N–H and O–H groups in total. The summed E-state index contributed by atoms with van der Waals surface area (Å²) in [5.41, 5.74) is 6.04. The van der Waals surface area contributed by atoms with Gasteiger partial charge in [-0.05, 0) is 12.8 Å². The predicted molar refractivity (Wildman–Crippen MR) is 58.0 cm³/mol. The molecule has 0 amide bonds. The zero-order valence-corrected chi connectivity index (χ0v) is 9.39. The molecular formula is C11H18FN3. The second-order valence-electron chi connectivity index (χ2n) is 4.79. The number of aryl methyl sites for hydroxylation is 1. The zero-order chi connectivity index (χ0) is 11.1. The monoisotopic (exact) mass is 211 g/mol. The van der Waals surface area contributed by atoms with Gasteiger partial charge in [-0.1, -0.05) is 26.2 Å². The normalized spacial score (nSPS) is 20.5. The summed E-state index contributed by atoms with van der Waals surface area (Å²) in [6, 6.07) is 0. The first-order valence-corrected chi connectivity index (χ1v) is 5.53. The molecule has 15 heavy (non-hydrogen) atoms. The maximum absolute atomic E-state index is 13.8. The highest BCUT2D eigenvalue weighted by Crippen LogP contribution is 2.40. The van der Waals surface area contributed by atoms with E-state index in [1.807, 2.05) is 0 Å². The first-order valence-electron chi connectivity index (χ1n) is 5.53. The van der Waals surface area contributed by atoms with Crippen molar-refractivity contribution in [2.45, 2.75) is 44.4 Å². The van der Waals surface area contributed by atoms with Gasteiger partial charge in [0.25, 0.3) is 0 Å². The van der Waals surface area contributed by atoms with Crippen LogP contribution in [0.4, 0.5) is 10.2 Å². The molecule has 1 heterocycles. The van der Waals surface area contributed by atoms with E-state index in [4.69, 9.17) is 5.73 Å². The Morgan fingerprint density at radius 2 is 1.93 bits per heavy atom. The lowest BCUT2D eigenvalue weighted by atomic mass is 9.73. The van der Waals surface area contributed by atoms with E-state index in [1.165, 1.54) is 11.1 Å². The smallest absolute Gasteiger partial charge is 0.188 e. The molecule has 0 unspecified atom stereocenters. The lowest BCUT2D eigenvalue weighted by Crippen LogP contribution is -2.26. The van der Waals surface area contributed by atoms with Gasteiger partial charge < -0.3 is 5.73 Å². The number of rotatable bonds is 1. The molecule has 84 valence electrons. The predicted octanol–water partition coefficient (Wildman–Crippen LogP) is 2.36. The van der Waals surface area contributed by atoms with Crippen LogP contribution in [0.15, 0.2) is 0 Å². The van der Waals surface area contributed by atoms with E-state index in [1.54, 1.807) is 7.05 Å². The number of nitrogen functional groups attached to an aromatic ring is 1. The Labute approximate surface area is 89.5 Å². The average molecular weight is 211 g/mol. The van der Waals surface area contributed by atoms with Crippen LogP contribution < -0.4 is 5.73 Å². The topological polar surface area (TPSA) is 43.8 Å². The third-order valence-electron chi connectivity index (χ3n) is 3.56. The summed E-state index contributed by atoms with van der Waals surface area (Å²) in [4.78, 5) is 0. The molecule has 1 aliphatic carbocycles. The van der Waals surface area contributed by atoms with Crippen molar-refractivity contribution in [1.82, 2.24) is 9.78 Å². The Morgan fingerprint density at radius 1 is 1.33 bits per heavy atom. The molecule has 1 saturated carbocycles. The molecule has 3 nitrogen and oxygen atoms in total. The van der Waals surface area contributed by atoms with Crippen LogP contribution in [0.2, 0.25) is 0 Å². The fourth-order valence-electron chi connectivity index (χ4n) is 2.47. The van der Waals surface area contributed by atoms with Gasteiger partial charge in [0.05, 0.1) is 0 Å². The van der Waals surface area contributed by atoms with E-state index in [9.17, 15) is 4.39 Å². The quantitative estimate of drug-likeness (QED) is 0.775. The Balaban J connectivity index is 2.39. The third-order valence-corrected chi connectivity index (χ3v) is 3.56. The van der Waals surface area contributed by atoms with Gasteiger partial charge in [-0.2, -0.15) is 5.10 Å². The number of anilines is 1. The van der Waals surface area contributed by atoms with Gasteiger partial charge in [-0.15, -0.1) is 0 Å². The van der Waals surface area contributed by atoms with Crippen molar-refractivity contribution in [3.8, 4) is 0 Å². The average Bonchev–Trinajstić information content (AvgIpc) is 2.48. The highest BCUT2D eigenvalue weighted by atomic mass is 19.1. The summed E-state index contributed by atoms with van der Waals surface area (Å²) in [5, 5.41) is 4.22. The Morgan fingerprint density at radius 3 is 2.40 bits per heavy atom. The van der Waals surface area contributed by atoms with Gasteiger partial charge in [0, 0.05) is 12.5 Å². The molecule has 0 atom stereocenters. The standard InChI is InChI=1S/C11H18FN3/c1-11(6-4-3-5-7-11)9-8(12)10(13)15(2)14-9/h3-7,13H2,1-2H3. The van der Waals surface area contributed by atoms with Crippen LogP contribution in [0, 0.1) is 5.82 Å². The van der Waals surface area contributed by atoms with E-state index >= 15 is 0 Å². The molecule has 1 aromatic heterocycles. The third kappa shape index (κ3) is 1.62. The van der Waals surface area contributed by atoms with Crippen molar-refractivity contribution >= 4 is 5.82 Å². The van der Waals surface area contributed by atoms with Gasteiger partial charge in [-0.3, -0.25) is 4.68 Å². The highest BCUT2D eigenvalue weighted by Gasteiger charge is 2.35. The van der Waals surface area contributed by atoms with Crippen molar-refractivity contribution in [3.05, 3.63) is 11.5 Å². The van der Waals surface area contributed by atoms with E-state index in [0.717, 1.165) is 25.7 Å². The van der Waals surface area contributed by atoms with Gasteiger partial charge in [0.1, 0.15) is 5.69 Å². The summed E-state index contributed by atoms with van der Waals surface area (Å²) in [6.45, 7) is 2.09. The van der Waals surface area contributed by atoms with Crippen LogP contribution in [0.3, 0.4) is 0 Å². The van der Waals surface area contributed by atoms with Gasteiger partial charge in [0.15, 0.2) is 11.6 Å². The maximum atomic E-state index is 13.8. The molecule has 0 spiro atoms. The van der Waals surface area contributed by atoms with Crippen molar-refractivity contribution < 1.29 is 4.39 Å². The molecule has 1 aromatic rings. The summed E-state index contributed by atoms with van der Waals surface area (Å²) >= 11 is 0. The van der Waals surface area contributed by atoms with Crippen molar-refractivity contribution in [2.24, 2.45) is 7.05 Å². The Bertz CT molecular complexity index is 364. The molecular weight excluding hydrogens is 193 g/mol. The highest BCUT2D eigenvalue weighted by molar-refractivity contribution is 5.36. The molecule has 0 aromatic carbocycles. The van der Waals surface area contributed by atoms with E-state index in [2.05, 4.69) is 12.0 Å². The summed E-state index contributed by atoms with van der Waals surface area (Å²) < 4.78 is 15.3. The van der Waals surface area contributed by atoms with Crippen LogP contribution >= 0.6 is 0 Å². The minimum atomic E-state index is -0.318. The number of hydrogen-bond donors (Lipinski definition) is 1. The second kappa shape index (κ2) is 3.51. The Kier molecular flexibility index (Phi) is 2.44. The molecule has 1 fully saturated rings. The number of aromatic nitrogens is 2. The molecule has 0 saturated heterocycles. The number of halogens is 1. The maximum Gasteiger partial charge on any atom is 0.188 e. The van der Waals surface area contributed by atoms with Crippen molar-refractivity contribution in [1.29, 1.82) is 0 Å². The molecule has 2 rings (SSSR count). The van der Waals surface area contributed by atoms with Gasteiger partial charge >= 0.3 is 0 Å². The number of nitrogens with zero attached hydrogens (tertiary/aromatic N) is 2. The van der Waals surface area contributed by atoms with E-state index in [-0.39, 0.29) is 17.1 Å². The molecule has 1 aliphatic rings. The summed E-state index contributed by atoms with van der Waals surface area (Å²) in [5.74, 6) is -0.168. The lowest BCUT2D eigenvalue weighted by molar-refractivity contribution is 0.301. The van der Waals surface area contributed by atoms with Crippen LogP contribution in [0.1, 0.15) is 44.7 Å². The van der Waals surface area contributed by atoms with Gasteiger partial charge in [-0.25, -0.2) is 4.39 Å². The summed E-state index contributed by atoms with van der Waals surface area (Å²) in [6.07, 6.45) is 5.60. The minimum Gasteiger partial charge on any atom is -0.381 e. The summed E-state index contributed by atoms with van der Waals surface area (Å²) in [7, 11) is 1.69. The van der Waals surface area contributed by atoms with Crippen LogP contribution in [-0.2, 0) is 12.5 Å². The minimum absolute atomic E-state index is 0.113. The molecule has 0 bridgehead atoms. The SMILES string of the molecule is Cn1nc(C2(C)CCCCC2)c(F)c1N. The molecule has 4 heteroatoms. The van der Waals surface area contributed by atoms with E-state index in [0.29, 0.717) is 5.69 Å². The van der Waals surface area contributed by atoms with E-state index < -0.39 is 0 Å². The van der Waals surface area contributed by atoms with Crippen molar-refractivity contribution in [3.63, 3.8) is 0 Å². The largest absolute Gasteiger partial charge is 0.381 e. The van der Waals surface area contributed by atoms with Crippen molar-refractivity contribution in [2.75, 3.05) is 5.73 Å². The van der Waals surface area contributed by atoms with Crippen LogP contribution in [-0.4, -0.2) is 9.78 Å². The fraction of sp³-hybridized carbons (Fsp3) is 0.727. The second-order valence-corrected chi connectivity index (χ2v) is 4.79. The fourth-order valence-corrected chi connectivity index (χ4v) is 2.47. The zero-order valence-electron chi connectivity index (χ0n) is 9.39. The molecule has 0 aliphatic heterocycles. The number of hydrogen-bond acceptors (Lipinski definition) is 2.